The number of carbonyl (C=O) groups excluding carboxylic acids is 1. The molecule has 0 spiro atoms. The van der Waals surface area contributed by atoms with Crippen molar-refractivity contribution in [3.63, 3.8) is 0 Å². The second-order valence-electron chi connectivity index (χ2n) is 5.40. The molecule has 1 N–H and O–H groups in total. The Morgan fingerprint density at radius 2 is 1.96 bits per heavy atom. The molecular formula is C18H17N3O3. The molecule has 3 rings (SSSR count). The average Bonchev–Trinajstić information content (AvgIpc) is 3.15. The first-order chi connectivity index (χ1) is 11.6. The van der Waals surface area contributed by atoms with Crippen LogP contribution >= 0.6 is 0 Å². The number of aromatic nitrogens is 2. The molecule has 1 atom stereocenters. The third-order valence-corrected chi connectivity index (χ3v) is 3.61. The van der Waals surface area contributed by atoms with Gasteiger partial charge in [0.05, 0.1) is 12.3 Å². The summed E-state index contributed by atoms with van der Waals surface area (Å²) in [5, 5.41) is 7.14. The van der Waals surface area contributed by atoms with Crippen LogP contribution in [0.3, 0.4) is 0 Å². The zero-order valence-electron chi connectivity index (χ0n) is 13.2. The predicted octanol–water partition coefficient (Wildman–Crippen LogP) is 2.49. The molecule has 0 radical (unpaired) electrons. The van der Waals surface area contributed by atoms with Gasteiger partial charge in [0.2, 0.25) is 0 Å². The van der Waals surface area contributed by atoms with Crippen molar-refractivity contribution in [2.75, 3.05) is 6.54 Å². The summed E-state index contributed by atoms with van der Waals surface area (Å²) in [6.45, 7) is 2.12. The van der Waals surface area contributed by atoms with Crippen LogP contribution in [0.5, 0.6) is 0 Å². The van der Waals surface area contributed by atoms with Crippen LogP contribution in [0.25, 0.3) is 11.5 Å². The summed E-state index contributed by atoms with van der Waals surface area (Å²) >= 11 is 0. The Kier molecular flexibility index (Phi) is 4.56. The van der Waals surface area contributed by atoms with E-state index in [0.717, 1.165) is 0 Å². The highest BCUT2D eigenvalue weighted by Crippen LogP contribution is 2.16. The Hall–Kier alpha value is -3.15. The van der Waals surface area contributed by atoms with Crippen LogP contribution in [0.1, 0.15) is 23.3 Å². The van der Waals surface area contributed by atoms with E-state index in [9.17, 15) is 9.59 Å². The van der Waals surface area contributed by atoms with Crippen molar-refractivity contribution in [1.82, 2.24) is 15.1 Å². The van der Waals surface area contributed by atoms with Gasteiger partial charge in [-0.2, -0.15) is 5.10 Å². The fraction of sp³-hybridized carbons (Fsp3) is 0.167. The minimum absolute atomic E-state index is 0.183. The number of amides is 1. The molecule has 3 aromatic rings. The third kappa shape index (κ3) is 3.43. The Morgan fingerprint density at radius 3 is 2.67 bits per heavy atom. The number of carbonyl (C=O) groups is 1. The summed E-state index contributed by atoms with van der Waals surface area (Å²) in [7, 11) is 0. The van der Waals surface area contributed by atoms with Gasteiger partial charge in [0.1, 0.15) is 5.69 Å². The molecule has 24 heavy (non-hydrogen) atoms. The van der Waals surface area contributed by atoms with E-state index in [1.165, 1.54) is 10.7 Å². The molecular weight excluding hydrogens is 306 g/mol. The van der Waals surface area contributed by atoms with Gasteiger partial charge in [0.15, 0.2) is 5.76 Å². The molecule has 6 heteroatoms. The maximum Gasteiger partial charge on any atom is 0.267 e. The first kappa shape index (κ1) is 15.7. The first-order valence-electron chi connectivity index (χ1n) is 7.62. The second-order valence-corrected chi connectivity index (χ2v) is 5.40. The Labute approximate surface area is 138 Å². The van der Waals surface area contributed by atoms with E-state index in [1.807, 2.05) is 13.0 Å². The summed E-state index contributed by atoms with van der Waals surface area (Å²) in [6, 6.07) is 15.2. The molecule has 1 unspecified atom stereocenters. The Morgan fingerprint density at radius 1 is 1.17 bits per heavy atom. The van der Waals surface area contributed by atoms with Crippen molar-refractivity contribution in [3.8, 4) is 11.5 Å². The van der Waals surface area contributed by atoms with Gasteiger partial charge in [-0.05, 0) is 37.3 Å². The van der Waals surface area contributed by atoms with Gasteiger partial charge in [0.25, 0.3) is 11.5 Å². The lowest BCUT2D eigenvalue weighted by Crippen LogP contribution is -2.34. The first-order valence-corrected chi connectivity index (χ1v) is 7.62. The van der Waals surface area contributed by atoms with Crippen molar-refractivity contribution in [2.45, 2.75) is 13.0 Å². The molecule has 0 aliphatic carbocycles. The zero-order chi connectivity index (χ0) is 16.9. The van der Waals surface area contributed by atoms with Crippen molar-refractivity contribution < 1.29 is 9.21 Å². The van der Waals surface area contributed by atoms with E-state index < -0.39 is 0 Å². The fourth-order valence-corrected chi connectivity index (χ4v) is 2.32. The lowest BCUT2D eigenvalue weighted by Gasteiger charge is -2.15. The van der Waals surface area contributed by atoms with Gasteiger partial charge in [-0.1, -0.05) is 18.2 Å². The number of hydrogen-bond donors (Lipinski definition) is 1. The van der Waals surface area contributed by atoms with E-state index >= 15 is 0 Å². The second kappa shape index (κ2) is 6.95. The molecule has 1 amide bonds. The number of furan rings is 1. The predicted molar refractivity (Wildman–Crippen MR) is 89.7 cm³/mol. The summed E-state index contributed by atoms with van der Waals surface area (Å²) in [5.74, 6) is 0.405. The Balaban J connectivity index is 1.73. The topological polar surface area (TPSA) is 77.1 Å². The van der Waals surface area contributed by atoms with E-state index in [1.54, 1.807) is 48.7 Å². The highest BCUT2D eigenvalue weighted by atomic mass is 16.3. The SMILES string of the molecule is CC(CNC(=O)c1ccccc1)n1nc(-c2ccco2)ccc1=O. The van der Waals surface area contributed by atoms with Gasteiger partial charge in [-0.15, -0.1) is 0 Å². The van der Waals surface area contributed by atoms with Gasteiger partial charge >= 0.3 is 0 Å². The molecule has 6 nitrogen and oxygen atoms in total. The maximum absolute atomic E-state index is 12.1. The number of nitrogens with zero attached hydrogens (tertiary/aromatic N) is 2. The van der Waals surface area contributed by atoms with Crippen LogP contribution in [-0.4, -0.2) is 22.2 Å². The molecule has 0 aliphatic rings. The summed E-state index contributed by atoms with van der Waals surface area (Å²) in [5.41, 5.74) is 0.918. The number of hydrogen-bond acceptors (Lipinski definition) is 4. The maximum atomic E-state index is 12.1. The quantitative estimate of drug-likeness (QED) is 0.782. The van der Waals surface area contributed by atoms with Crippen LogP contribution in [-0.2, 0) is 0 Å². The minimum atomic E-state index is -0.292. The number of benzene rings is 1. The normalized spacial score (nSPS) is 11.9. The lowest BCUT2D eigenvalue weighted by atomic mass is 10.2. The molecule has 2 aromatic heterocycles. The highest BCUT2D eigenvalue weighted by molar-refractivity contribution is 5.94. The summed E-state index contributed by atoms with van der Waals surface area (Å²) in [6.07, 6.45) is 1.55. The lowest BCUT2D eigenvalue weighted by molar-refractivity contribution is 0.0947. The van der Waals surface area contributed by atoms with E-state index in [0.29, 0.717) is 23.6 Å². The third-order valence-electron chi connectivity index (χ3n) is 3.61. The van der Waals surface area contributed by atoms with Crippen LogP contribution in [0.15, 0.2) is 70.1 Å². The fourth-order valence-electron chi connectivity index (χ4n) is 2.32. The zero-order valence-corrected chi connectivity index (χ0v) is 13.2. The van der Waals surface area contributed by atoms with E-state index in [2.05, 4.69) is 10.4 Å². The smallest absolute Gasteiger partial charge is 0.267 e. The van der Waals surface area contributed by atoms with Crippen LogP contribution in [0.2, 0.25) is 0 Å². The van der Waals surface area contributed by atoms with Gasteiger partial charge < -0.3 is 9.73 Å². The number of rotatable bonds is 5. The summed E-state index contributed by atoms with van der Waals surface area (Å²) < 4.78 is 6.65. The van der Waals surface area contributed by atoms with Crippen molar-refractivity contribution in [2.24, 2.45) is 0 Å². The Bertz CT molecular complexity index is 870. The van der Waals surface area contributed by atoms with Crippen LogP contribution < -0.4 is 10.9 Å². The molecule has 122 valence electrons. The van der Waals surface area contributed by atoms with Gasteiger partial charge in [0, 0.05) is 18.2 Å². The largest absolute Gasteiger partial charge is 0.463 e. The van der Waals surface area contributed by atoms with Crippen LogP contribution in [0.4, 0.5) is 0 Å². The van der Waals surface area contributed by atoms with Crippen molar-refractivity contribution in [3.05, 3.63) is 76.8 Å². The standard InChI is InChI=1S/C18H17N3O3/c1-13(12-19-18(23)14-6-3-2-4-7-14)21-17(22)10-9-15(20-21)16-8-5-11-24-16/h2-11,13H,12H2,1H3,(H,19,23). The molecule has 0 aliphatic heterocycles. The molecule has 0 saturated carbocycles. The van der Waals surface area contributed by atoms with Gasteiger partial charge in [-0.25, -0.2) is 4.68 Å². The highest BCUT2D eigenvalue weighted by Gasteiger charge is 2.13. The van der Waals surface area contributed by atoms with Crippen molar-refractivity contribution >= 4 is 5.91 Å². The molecule has 1 aromatic carbocycles. The van der Waals surface area contributed by atoms with Gasteiger partial charge in [-0.3, -0.25) is 9.59 Å². The molecule has 0 saturated heterocycles. The van der Waals surface area contributed by atoms with E-state index in [-0.39, 0.29) is 17.5 Å². The van der Waals surface area contributed by atoms with E-state index in [4.69, 9.17) is 4.42 Å². The minimum Gasteiger partial charge on any atom is -0.463 e. The molecule has 2 heterocycles. The van der Waals surface area contributed by atoms with Crippen LogP contribution in [0, 0.1) is 0 Å². The molecule has 0 bridgehead atoms. The summed E-state index contributed by atoms with van der Waals surface area (Å²) in [4.78, 5) is 24.1. The number of nitrogens with one attached hydrogen (secondary N) is 1. The van der Waals surface area contributed by atoms with Crippen molar-refractivity contribution in [1.29, 1.82) is 0 Å². The average molecular weight is 323 g/mol. The monoisotopic (exact) mass is 323 g/mol. The molecule has 0 fully saturated rings.